The molecule has 1 saturated carbocycles. The van der Waals surface area contributed by atoms with Gasteiger partial charge in [0.2, 0.25) is 11.8 Å². The molecule has 3 N–H and O–H groups in total. The van der Waals surface area contributed by atoms with Crippen molar-refractivity contribution >= 4 is 29.1 Å². The molecule has 6 nitrogen and oxygen atoms in total. The van der Waals surface area contributed by atoms with Gasteiger partial charge in [0.15, 0.2) is 0 Å². The Bertz CT molecular complexity index is 573. The lowest BCUT2D eigenvalue weighted by Crippen LogP contribution is -2.36. The average molecular weight is 317 g/mol. The molecule has 0 heterocycles. The fourth-order valence-electron chi connectivity index (χ4n) is 2.83. The first-order valence-electron chi connectivity index (χ1n) is 7.95. The third-order valence-corrected chi connectivity index (χ3v) is 3.78. The minimum atomic E-state index is -0.233. The molecule has 0 unspecified atom stereocenters. The molecule has 3 amide bonds. The van der Waals surface area contributed by atoms with Crippen LogP contribution in [0.2, 0.25) is 0 Å². The highest BCUT2D eigenvalue weighted by Crippen LogP contribution is 2.21. The normalized spacial score (nSPS) is 14.9. The second-order valence-electron chi connectivity index (χ2n) is 5.97. The molecule has 2 rings (SSSR count). The fourth-order valence-corrected chi connectivity index (χ4v) is 2.83. The van der Waals surface area contributed by atoms with Crippen LogP contribution < -0.4 is 16.0 Å². The molecule has 0 bridgehead atoms. The van der Waals surface area contributed by atoms with Crippen molar-refractivity contribution in [2.75, 3.05) is 10.6 Å². The van der Waals surface area contributed by atoms with Gasteiger partial charge in [-0.3, -0.25) is 14.4 Å². The maximum atomic E-state index is 12.5. The maximum absolute atomic E-state index is 12.5. The number of carbonyl (C=O) groups is 3. The van der Waals surface area contributed by atoms with Crippen molar-refractivity contribution < 1.29 is 14.4 Å². The Morgan fingerprint density at radius 2 is 1.39 bits per heavy atom. The summed E-state index contributed by atoms with van der Waals surface area (Å²) in [7, 11) is 0. The SMILES string of the molecule is CC(=O)Nc1cc(NC(C)=O)cc(C(=O)NC2CCCCC2)c1. The van der Waals surface area contributed by atoms with Crippen LogP contribution in [-0.2, 0) is 9.59 Å². The molecule has 1 aromatic rings. The number of hydrogen-bond donors (Lipinski definition) is 3. The third kappa shape index (κ3) is 5.39. The molecule has 0 aromatic heterocycles. The van der Waals surface area contributed by atoms with E-state index in [2.05, 4.69) is 16.0 Å². The molecular weight excluding hydrogens is 294 g/mol. The van der Waals surface area contributed by atoms with Crippen LogP contribution in [0.3, 0.4) is 0 Å². The summed E-state index contributed by atoms with van der Waals surface area (Å²) in [6, 6.07) is 5.06. The van der Waals surface area contributed by atoms with Crippen molar-refractivity contribution in [2.24, 2.45) is 0 Å². The first-order valence-corrected chi connectivity index (χ1v) is 7.95. The molecule has 0 spiro atoms. The van der Waals surface area contributed by atoms with Gasteiger partial charge in [0.1, 0.15) is 0 Å². The minimum Gasteiger partial charge on any atom is -0.349 e. The van der Waals surface area contributed by atoms with E-state index >= 15 is 0 Å². The standard InChI is InChI=1S/C17H23N3O3/c1-11(21)18-15-8-13(9-16(10-15)19-12(2)22)17(23)20-14-6-4-3-5-7-14/h8-10,14H,3-7H2,1-2H3,(H,18,21)(H,19,22)(H,20,23). The van der Waals surface area contributed by atoms with E-state index in [0.717, 1.165) is 25.7 Å². The van der Waals surface area contributed by atoms with Crippen LogP contribution in [0.1, 0.15) is 56.3 Å². The number of carbonyl (C=O) groups excluding carboxylic acids is 3. The van der Waals surface area contributed by atoms with Crippen molar-refractivity contribution in [1.82, 2.24) is 5.32 Å². The Morgan fingerprint density at radius 1 is 0.870 bits per heavy atom. The van der Waals surface area contributed by atoms with Crippen LogP contribution in [0, 0.1) is 0 Å². The van der Waals surface area contributed by atoms with Crippen molar-refractivity contribution in [3.8, 4) is 0 Å². The minimum absolute atomic E-state index is 0.185. The Balaban J connectivity index is 2.18. The zero-order chi connectivity index (χ0) is 16.8. The van der Waals surface area contributed by atoms with E-state index in [1.165, 1.54) is 20.3 Å². The molecule has 1 aliphatic carbocycles. The lowest BCUT2D eigenvalue weighted by molar-refractivity contribution is -0.115. The zero-order valence-electron chi connectivity index (χ0n) is 13.6. The van der Waals surface area contributed by atoms with Crippen LogP contribution >= 0.6 is 0 Å². The molecule has 1 aliphatic rings. The Kier molecular flexibility index (Phi) is 5.73. The molecule has 0 atom stereocenters. The molecule has 0 aliphatic heterocycles. The summed E-state index contributed by atoms with van der Waals surface area (Å²) in [6.45, 7) is 2.79. The summed E-state index contributed by atoms with van der Waals surface area (Å²) in [6.07, 6.45) is 5.48. The van der Waals surface area contributed by atoms with Crippen LogP contribution in [0.15, 0.2) is 18.2 Å². The summed E-state index contributed by atoms with van der Waals surface area (Å²) in [5.41, 5.74) is 1.39. The van der Waals surface area contributed by atoms with E-state index in [0.29, 0.717) is 16.9 Å². The van der Waals surface area contributed by atoms with Gasteiger partial charge >= 0.3 is 0 Å². The monoisotopic (exact) mass is 317 g/mol. The Hall–Kier alpha value is -2.37. The number of nitrogens with one attached hydrogen (secondary N) is 3. The van der Waals surface area contributed by atoms with E-state index in [4.69, 9.17) is 0 Å². The van der Waals surface area contributed by atoms with Gasteiger partial charge in [-0.25, -0.2) is 0 Å². The number of anilines is 2. The van der Waals surface area contributed by atoms with Crippen molar-refractivity contribution in [3.05, 3.63) is 23.8 Å². The van der Waals surface area contributed by atoms with Gasteiger partial charge in [0, 0.05) is 36.8 Å². The summed E-state index contributed by atoms with van der Waals surface area (Å²) < 4.78 is 0. The third-order valence-electron chi connectivity index (χ3n) is 3.78. The number of benzene rings is 1. The lowest BCUT2D eigenvalue weighted by Gasteiger charge is -2.23. The largest absolute Gasteiger partial charge is 0.349 e. The van der Waals surface area contributed by atoms with Crippen molar-refractivity contribution in [2.45, 2.75) is 52.0 Å². The number of rotatable bonds is 4. The van der Waals surface area contributed by atoms with Gasteiger partial charge < -0.3 is 16.0 Å². The van der Waals surface area contributed by atoms with E-state index in [-0.39, 0.29) is 23.8 Å². The highest BCUT2D eigenvalue weighted by atomic mass is 16.2. The summed E-state index contributed by atoms with van der Waals surface area (Å²) in [4.78, 5) is 34.9. The molecule has 23 heavy (non-hydrogen) atoms. The summed E-state index contributed by atoms with van der Waals surface area (Å²) in [5.74, 6) is -0.650. The summed E-state index contributed by atoms with van der Waals surface area (Å²) >= 11 is 0. The highest BCUT2D eigenvalue weighted by molar-refractivity contribution is 6.00. The van der Waals surface area contributed by atoms with E-state index in [1.807, 2.05) is 0 Å². The van der Waals surface area contributed by atoms with Gasteiger partial charge in [-0.1, -0.05) is 19.3 Å². The maximum Gasteiger partial charge on any atom is 0.251 e. The predicted molar refractivity (Wildman–Crippen MR) is 89.4 cm³/mol. The Morgan fingerprint density at radius 3 is 1.87 bits per heavy atom. The second kappa shape index (κ2) is 7.76. The average Bonchev–Trinajstić information content (AvgIpc) is 2.46. The fraction of sp³-hybridized carbons (Fsp3) is 0.471. The molecule has 1 aromatic carbocycles. The van der Waals surface area contributed by atoms with Gasteiger partial charge in [0.05, 0.1) is 0 Å². The van der Waals surface area contributed by atoms with Crippen LogP contribution in [0.5, 0.6) is 0 Å². The molecule has 124 valence electrons. The van der Waals surface area contributed by atoms with E-state index < -0.39 is 0 Å². The first kappa shape index (κ1) is 17.0. The Labute approximate surface area is 136 Å². The van der Waals surface area contributed by atoms with Crippen LogP contribution in [-0.4, -0.2) is 23.8 Å². The molecular formula is C17H23N3O3. The van der Waals surface area contributed by atoms with E-state index in [1.54, 1.807) is 18.2 Å². The molecule has 0 saturated heterocycles. The van der Waals surface area contributed by atoms with Gasteiger partial charge in [-0.15, -0.1) is 0 Å². The highest BCUT2D eigenvalue weighted by Gasteiger charge is 2.17. The van der Waals surface area contributed by atoms with Gasteiger partial charge in [-0.05, 0) is 31.0 Å². The number of hydrogen-bond acceptors (Lipinski definition) is 3. The predicted octanol–water partition coefficient (Wildman–Crippen LogP) is 2.67. The molecule has 0 radical (unpaired) electrons. The molecule has 1 fully saturated rings. The smallest absolute Gasteiger partial charge is 0.251 e. The van der Waals surface area contributed by atoms with Gasteiger partial charge in [-0.2, -0.15) is 0 Å². The van der Waals surface area contributed by atoms with E-state index in [9.17, 15) is 14.4 Å². The van der Waals surface area contributed by atoms with Crippen molar-refractivity contribution in [3.63, 3.8) is 0 Å². The summed E-state index contributed by atoms with van der Waals surface area (Å²) in [5, 5.41) is 8.33. The lowest BCUT2D eigenvalue weighted by atomic mass is 9.95. The van der Waals surface area contributed by atoms with Crippen molar-refractivity contribution in [1.29, 1.82) is 0 Å². The second-order valence-corrected chi connectivity index (χ2v) is 5.97. The number of amides is 3. The van der Waals surface area contributed by atoms with Gasteiger partial charge in [0.25, 0.3) is 5.91 Å². The molecule has 6 heteroatoms. The van der Waals surface area contributed by atoms with Crippen LogP contribution in [0.25, 0.3) is 0 Å². The zero-order valence-corrected chi connectivity index (χ0v) is 13.6. The first-order chi connectivity index (χ1) is 10.9. The van der Waals surface area contributed by atoms with Crippen LogP contribution in [0.4, 0.5) is 11.4 Å². The topological polar surface area (TPSA) is 87.3 Å². The quantitative estimate of drug-likeness (QED) is 0.798.